The highest BCUT2D eigenvalue weighted by Crippen LogP contribution is 2.39. The van der Waals surface area contributed by atoms with Crippen molar-refractivity contribution in [3.05, 3.63) is 65.2 Å². The van der Waals surface area contributed by atoms with Gasteiger partial charge in [-0.25, -0.2) is 8.78 Å². The van der Waals surface area contributed by atoms with E-state index in [-0.39, 0.29) is 24.7 Å². The molecular formula is C19H20F2O3. The zero-order valence-corrected chi connectivity index (χ0v) is 13.6. The van der Waals surface area contributed by atoms with Crippen LogP contribution in [0.15, 0.2) is 42.5 Å². The van der Waals surface area contributed by atoms with Crippen LogP contribution in [0.5, 0.6) is 5.75 Å². The topological polar surface area (TPSA) is 46.5 Å². The average molecular weight is 334 g/mol. The van der Waals surface area contributed by atoms with E-state index in [9.17, 15) is 18.7 Å². The van der Waals surface area contributed by atoms with Crippen LogP contribution in [0.1, 0.15) is 31.4 Å². The fourth-order valence-corrected chi connectivity index (χ4v) is 2.77. The quantitative estimate of drug-likeness (QED) is 0.787. The monoisotopic (exact) mass is 334 g/mol. The molecule has 0 amide bonds. The van der Waals surface area contributed by atoms with Crippen LogP contribution in [0, 0.1) is 11.6 Å². The number of benzene rings is 2. The summed E-state index contributed by atoms with van der Waals surface area (Å²) in [6.07, 6.45) is 0.549. The van der Waals surface area contributed by atoms with E-state index in [1.54, 1.807) is 24.3 Å². The highest BCUT2D eigenvalue weighted by Gasteiger charge is 2.37. The highest BCUT2D eigenvalue weighted by atomic mass is 19.2. The van der Waals surface area contributed by atoms with Crippen LogP contribution in [0.2, 0.25) is 0 Å². The average Bonchev–Trinajstić information content (AvgIpc) is 2.55. The Bertz CT molecular complexity index is 716. The molecule has 2 rings (SSSR count). The molecule has 1 atom stereocenters. The zero-order valence-electron chi connectivity index (χ0n) is 13.6. The minimum atomic E-state index is -1.32. The van der Waals surface area contributed by atoms with Crippen LogP contribution < -0.4 is 4.74 Å². The van der Waals surface area contributed by atoms with Gasteiger partial charge in [-0.3, -0.25) is 0 Å². The second-order valence-corrected chi connectivity index (χ2v) is 5.85. The van der Waals surface area contributed by atoms with Gasteiger partial charge in [0.1, 0.15) is 12.0 Å². The number of carbonyl (C=O) groups excluding carboxylic acids is 1. The second-order valence-electron chi connectivity index (χ2n) is 5.85. The third-order valence-corrected chi connectivity index (χ3v) is 3.87. The summed E-state index contributed by atoms with van der Waals surface area (Å²) < 4.78 is 32.8. The Kier molecular flexibility index (Phi) is 5.67. The number of carbonyl (C=O) groups is 1. The summed E-state index contributed by atoms with van der Waals surface area (Å²) in [6, 6.07) is 10.2. The molecule has 3 nitrogen and oxygen atoms in total. The minimum Gasteiger partial charge on any atom is -0.491 e. The molecule has 128 valence electrons. The first-order valence-electron chi connectivity index (χ1n) is 7.73. The van der Waals surface area contributed by atoms with Crippen LogP contribution in [0.4, 0.5) is 8.78 Å². The number of aliphatic hydroxyl groups excluding tert-OH is 1. The van der Waals surface area contributed by atoms with Gasteiger partial charge < -0.3 is 14.6 Å². The van der Waals surface area contributed by atoms with Crippen molar-refractivity contribution in [3.63, 3.8) is 0 Å². The van der Waals surface area contributed by atoms with E-state index in [0.717, 1.165) is 12.1 Å². The van der Waals surface area contributed by atoms with Gasteiger partial charge in [0.05, 0.1) is 11.5 Å². The molecule has 0 aliphatic carbocycles. The van der Waals surface area contributed by atoms with E-state index >= 15 is 0 Å². The van der Waals surface area contributed by atoms with Crippen molar-refractivity contribution in [2.45, 2.75) is 31.8 Å². The number of aldehydes is 1. The van der Waals surface area contributed by atoms with Crippen molar-refractivity contribution in [2.75, 3.05) is 6.61 Å². The summed E-state index contributed by atoms with van der Waals surface area (Å²) in [5, 5.41) is 9.48. The standard InChI is InChI=1S/C19H20F2O3/c1-13(2)24-18-6-4-3-5-15(18)19(12-23,9-10-22)14-7-8-16(20)17(21)11-14/h3-8,11-13,22H,9-10H2,1-2H3. The fraction of sp³-hybridized carbons (Fsp3) is 0.316. The van der Waals surface area contributed by atoms with Crippen molar-refractivity contribution in [1.82, 2.24) is 0 Å². The van der Waals surface area contributed by atoms with Gasteiger partial charge in [-0.1, -0.05) is 24.3 Å². The van der Waals surface area contributed by atoms with Crippen molar-refractivity contribution in [2.24, 2.45) is 0 Å². The van der Waals surface area contributed by atoms with E-state index in [1.807, 2.05) is 13.8 Å². The number of aliphatic hydroxyl groups is 1. The first-order chi connectivity index (χ1) is 11.4. The Hall–Kier alpha value is -2.27. The van der Waals surface area contributed by atoms with Crippen LogP contribution in [0.25, 0.3) is 0 Å². The molecule has 0 fully saturated rings. The lowest BCUT2D eigenvalue weighted by Crippen LogP contribution is -2.32. The number of hydrogen-bond donors (Lipinski definition) is 1. The van der Waals surface area contributed by atoms with Crippen molar-refractivity contribution < 1.29 is 23.4 Å². The molecule has 2 aromatic carbocycles. The van der Waals surface area contributed by atoms with Crippen molar-refractivity contribution >= 4 is 6.29 Å². The molecule has 0 aliphatic rings. The van der Waals surface area contributed by atoms with Crippen molar-refractivity contribution in [3.8, 4) is 5.75 Å². The predicted molar refractivity (Wildman–Crippen MR) is 87.1 cm³/mol. The van der Waals surface area contributed by atoms with Crippen LogP contribution in [0.3, 0.4) is 0 Å². The largest absolute Gasteiger partial charge is 0.491 e. The molecule has 0 aromatic heterocycles. The molecule has 0 heterocycles. The molecule has 1 unspecified atom stereocenters. The lowest BCUT2D eigenvalue weighted by Gasteiger charge is -2.31. The highest BCUT2D eigenvalue weighted by molar-refractivity contribution is 5.77. The predicted octanol–water partition coefficient (Wildman–Crippen LogP) is 3.62. The maximum absolute atomic E-state index is 13.7. The first kappa shape index (κ1) is 18.1. The number of halogens is 2. The summed E-state index contributed by atoms with van der Waals surface area (Å²) in [7, 11) is 0. The van der Waals surface area contributed by atoms with Crippen LogP contribution in [-0.4, -0.2) is 24.1 Å². The smallest absolute Gasteiger partial charge is 0.159 e. The molecule has 5 heteroatoms. The molecule has 0 bridgehead atoms. The normalized spacial score (nSPS) is 13.6. The fourth-order valence-electron chi connectivity index (χ4n) is 2.77. The Morgan fingerprint density at radius 3 is 2.46 bits per heavy atom. The molecule has 0 spiro atoms. The number of para-hydroxylation sites is 1. The Balaban J connectivity index is 2.68. The zero-order chi connectivity index (χ0) is 17.7. The molecule has 0 saturated carbocycles. The summed E-state index contributed by atoms with van der Waals surface area (Å²) in [5.74, 6) is -1.56. The summed E-state index contributed by atoms with van der Waals surface area (Å²) in [6.45, 7) is 3.40. The second kappa shape index (κ2) is 7.53. The van der Waals surface area contributed by atoms with Gasteiger partial charge in [-0.05, 0) is 44.0 Å². The first-order valence-corrected chi connectivity index (χ1v) is 7.73. The molecule has 0 saturated heterocycles. The van der Waals surface area contributed by atoms with Crippen LogP contribution >= 0.6 is 0 Å². The van der Waals surface area contributed by atoms with E-state index in [4.69, 9.17) is 4.74 Å². The number of rotatable bonds is 7. The maximum atomic E-state index is 13.7. The Morgan fingerprint density at radius 2 is 1.88 bits per heavy atom. The van der Waals surface area contributed by atoms with Crippen molar-refractivity contribution in [1.29, 1.82) is 0 Å². The van der Waals surface area contributed by atoms with E-state index in [1.165, 1.54) is 6.07 Å². The lowest BCUT2D eigenvalue weighted by atomic mass is 9.73. The Morgan fingerprint density at radius 1 is 1.17 bits per heavy atom. The third-order valence-electron chi connectivity index (χ3n) is 3.87. The minimum absolute atomic E-state index is 0.0278. The van der Waals surface area contributed by atoms with Gasteiger partial charge in [0, 0.05) is 12.2 Å². The van der Waals surface area contributed by atoms with E-state index < -0.39 is 17.0 Å². The summed E-state index contributed by atoms with van der Waals surface area (Å²) in [4.78, 5) is 12.1. The molecule has 0 radical (unpaired) electrons. The lowest BCUT2D eigenvalue weighted by molar-refractivity contribution is -0.112. The van der Waals surface area contributed by atoms with E-state index in [0.29, 0.717) is 17.6 Å². The van der Waals surface area contributed by atoms with Gasteiger partial charge >= 0.3 is 0 Å². The van der Waals surface area contributed by atoms with Gasteiger partial charge in [-0.2, -0.15) is 0 Å². The Labute approximate surface area is 139 Å². The van der Waals surface area contributed by atoms with Crippen LogP contribution in [-0.2, 0) is 10.2 Å². The summed E-state index contributed by atoms with van der Waals surface area (Å²) >= 11 is 0. The van der Waals surface area contributed by atoms with E-state index in [2.05, 4.69) is 0 Å². The molecule has 1 N–H and O–H groups in total. The SMILES string of the molecule is CC(C)Oc1ccccc1C(C=O)(CCO)c1ccc(F)c(F)c1. The third kappa shape index (κ3) is 3.46. The number of hydrogen-bond acceptors (Lipinski definition) is 3. The van der Waals surface area contributed by atoms with Gasteiger partial charge in [-0.15, -0.1) is 0 Å². The van der Waals surface area contributed by atoms with Gasteiger partial charge in [0.25, 0.3) is 0 Å². The van der Waals surface area contributed by atoms with Gasteiger partial charge in [0.2, 0.25) is 0 Å². The number of ether oxygens (including phenoxy) is 1. The molecule has 0 aliphatic heterocycles. The van der Waals surface area contributed by atoms with Gasteiger partial charge in [0.15, 0.2) is 11.6 Å². The molecular weight excluding hydrogens is 314 g/mol. The molecule has 2 aromatic rings. The maximum Gasteiger partial charge on any atom is 0.159 e. The summed E-state index contributed by atoms with van der Waals surface area (Å²) in [5.41, 5.74) is -0.548. The molecule has 24 heavy (non-hydrogen) atoms.